The van der Waals surface area contributed by atoms with Gasteiger partial charge in [-0.1, -0.05) is 40.2 Å². The molecule has 2 bridgehead atoms. The molecule has 0 amide bonds. The van der Waals surface area contributed by atoms with Crippen molar-refractivity contribution in [2.75, 3.05) is 0 Å². The van der Waals surface area contributed by atoms with Crippen LogP contribution in [-0.2, 0) is 5.41 Å². The molecule has 2 heteroatoms. The summed E-state index contributed by atoms with van der Waals surface area (Å²) in [5.41, 5.74) is 2.69. The van der Waals surface area contributed by atoms with E-state index in [2.05, 4.69) is 28.1 Å². The number of fused-ring (bicyclic) bond motifs is 3. The van der Waals surface area contributed by atoms with Crippen LogP contribution in [0.2, 0.25) is 0 Å². The van der Waals surface area contributed by atoms with E-state index in [1.54, 1.807) is 0 Å². The fraction of sp³-hybridized carbons (Fsp3) is 0.611. The van der Waals surface area contributed by atoms with Crippen molar-refractivity contribution in [2.24, 2.45) is 5.92 Å². The molecule has 3 saturated carbocycles. The SMILES string of the molecule is CC(C)(Br)C(=O)c1ccc(C23CCC(CC2)CC3)cc1. The molecular formula is C18H23BrO. The Labute approximate surface area is 130 Å². The van der Waals surface area contributed by atoms with Crippen LogP contribution in [0.15, 0.2) is 24.3 Å². The molecule has 0 aromatic heterocycles. The maximum absolute atomic E-state index is 12.3. The second-order valence-corrected chi connectivity index (χ2v) is 9.12. The van der Waals surface area contributed by atoms with E-state index in [9.17, 15) is 4.79 Å². The summed E-state index contributed by atoms with van der Waals surface area (Å²) in [6.07, 6.45) is 8.22. The molecule has 4 rings (SSSR count). The first-order valence-electron chi connectivity index (χ1n) is 7.75. The first kappa shape index (κ1) is 14.3. The summed E-state index contributed by atoms with van der Waals surface area (Å²) in [6.45, 7) is 3.81. The van der Waals surface area contributed by atoms with Crippen molar-refractivity contribution in [3.8, 4) is 0 Å². The zero-order valence-corrected chi connectivity index (χ0v) is 14.0. The second-order valence-electron chi connectivity index (χ2n) is 7.14. The molecule has 1 aromatic carbocycles. The third kappa shape index (κ3) is 2.47. The Morgan fingerprint density at radius 2 is 1.60 bits per heavy atom. The number of carbonyl (C=O) groups excluding carboxylic acids is 1. The summed E-state index contributed by atoms with van der Waals surface area (Å²) in [7, 11) is 0. The molecule has 20 heavy (non-hydrogen) atoms. The van der Waals surface area contributed by atoms with Gasteiger partial charge in [0.2, 0.25) is 0 Å². The number of alkyl halides is 1. The number of rotatable bonds is 3. The van der Waals surface area contributed by atoms with E-state index in [1.165, 1.54) is 44.1 Å². The topological polar surface area (TPSA) is 17.1 Å². The highest BCUT2D eigenvalue weighted by atomic mass is 79.9. The molecule has 108 valence electrons. The second kappa shape index (κ2) is 4.98. The number of hydrogen-bond acceptors (Lipinski definition) is 1. The highest BCUT2D eigenvalue weighted by Gasteiger charge is 2.41. The smallest absolute Gasteiger partial charge is 0.178 e. The van der Waals surface area contributed by atoms with E-state index in [1.807, 2.05) is 26.0 Å². The number of hydrogen-bond donors (Lipinski definition) is 0. The molecule has 0 heterocycles. The van der Waals surface area contributed by atoms with E-state index in [0.717, 1.165) is 11.5 Å². The Morgan fingerprint density at radius 3 is 2.05 bits per heavy atom. The molecule has 3 aliphatic carbocycles. The molecule has 0 N–H and O–H groups in total. The van der Waals surface area contributed by atoms with Gasteiger partial charge in [-0.3, -0.25) is 4.79 Å². The van der Waals surface area contributed by atoms with E-state index in [-0.39, 0.29) is 5.78 Å². The van der Waals surface area contributed by atoms with Gasteiger partial charge in [0.05, 0.1) is 4.32 Å². The molecule has 0 spiro atoms. The average molecular weight is 335 g/mol. The minimum Gasteiger partial charge on any atom is -0.293 e. The van der Waals surface area contributed by atoms with Crippen LogP contribution >= 0.6 is 15.9 Å². The van der Waals surface area contributed by atoms with Crippen LogP contribution < -0.4 is 0 Å². The van der Waals surface area contributed by atoms with Gasteiger partial charge in [-0.25, -0.2) is 0 Å². The fourth-order valence-corrected chi connectivity index (χ4v) is 4.23. The van der Waals surface area contributed by atoms with E-state index >= 15 is 0 Å². The quantitative estimate of drug-likeness (QED) is 0.544. The summed E-state index contributed by atoms with van der Waals surface area (Å²) in [6, 6.07) is 8.46. The van der Waals surface area contributed by atoms with Gasteiger partial charge in [0, 0.05) is 5.56 Å². The highest BCUT2D eigenvalue weighted by Crippen LogP contribution is 2.51. The summed E-state index contributed by atoms with van der Waals surface area (Å²) >= 11 is 3.46. The molecule has 0 saturated heterocycles. The van der Waals surface area contributed by atoms with Crippen LogP contribution in [0, 0.1) is 5.92 Å². The first-order valence-corrected chi connectivity index (χ1v) is 8.54. The standard InChI is InChI=1S/C18H23BrO/c1-17(2,19)16(20)14-3-5-15(6-4-14)18-10-7-13(8-11-18)9-12-18/h3-6,13H,7-12H2,1-2H3. The van der Waals surface area contributed by atoms with Crippen molar-refractivity contribution in [2.45, 2.75) is 62.1 Å². The summed E-state index contributed by atoms with van der Waals surface area (Å²) in [5.74, 6) is 1.15. The van der Waals surface area contributed by atoms with E-state index in [4.69, 9.17) is 0 Å². The van der Waals surface area contributed by atoms with Crippen LogP contribution in [0.4, 0.5) is 0 Å². The normalized spacial score (nSPS) is 29.4. The van der Waals surface area contributed by atoms with Gasteiger partial charge in [-0.2, -0.15) is 0 Å². The molecule has 0 radical (unpaired) electrons. The van der Waals surface area contributed by atoms with Gasteiger partial charge in [-0.05, 0) is 69.3 Å². The molecule has 1 aromatic rings. The maximum Gasteiger partial charge on any atom is 0.178 e. The number of ketones is 1. The Balaban J connectivity index is 1.85. The van der Waals surface area contributed by atoms with Gasteiger partial charge < -0.3 is 0 Å². The molecule has 0 atom stereocenters. The summed E-state index contributed by atoms with van der Waals surface area (Å²) < 4.78 is -0.476. The van der Waals surface area contributed by atoms with Crippen molar-refractivity contribution in [1.29, 1.82) is 0 Å². The molecule has 0 unspecified atom stereocenters. The van der Waals surface area contributed by atoms with E-state index < -0.39 is 4.32 Å². The lowest BCUT2D eigenvalue weighted by molar-refractivity contribution is 0.0961. The van der Waals surface area contributed by atoms with Crippen molar-refractivity contribution < 1.29 is 4.79 Å². The predicted molar refractivity (Wildman–Crippen MR) is 86.6 cm³/mol. The number of Topliss-reactive ketones (excluding diaryl/α,β-unsaturated/α-hetero) is 1. The third-order valence-electron chi connectivity index (χ3n) is 5.39. The average Bonchev–Trinajstić information content (AvgIpc) is 2.48. The lowest BCUT2D eigenvalue weighted by Crippen LogP contribution is -2.37. The zero-order valence-electron chi connectivity index (χ0n) is 12.4. The summed E-state index contributed by atoms with van der Waals surface area (Å²) in [4.78, 5) is 12.3. The molecule has 0 aliphatic heterocycles. The van der Waals surface area contributed by atoms with Crippen LogP contribution in [-0.4, -0.2) is 10.1 Å². The fourth-order valence-electron chi connectivity index (χ4n) is 4.00. The first-order chi connectivity index (χ1) is 9.41. The van der Waals surface area contributed by atoms with Crippen LogP contribution in [0.3, 0.4) is 0 Å². The summed E-state index contributed by atoms with van der Waals surface area (Å²) in [5, 5.41) is 0. The largest absolute Gasteiger partial charge is 0.293 e. The van der Waals surface area contributed by atoms with Gasteiger partial charge >= 0.3 is 0 Å². The van der Waals surface area contributed by atoms with Crippen LogP contribution in [0.1, 0.15) is 68.3 Å². The zero-order chi connectivity index (χ0) is 14.4. The molecular weight excluding hydrogens is 312 g/mol. The minimum atomic E-state index is -0.476. The van der Waals surface area contributed by atoms with Crippen molar-refractivity contribution in [3.63, 3.8) is 0 Å². The number of halogens is 1. The van der Waals surface area contributed by atoms with Gasteiger partial charge in [0.25, 0.3) is 0 Å². The van der Waals surface area contributed by atoms with Gasteiger partial charge in [-0.15, -0.1) is 0 Å². The Morgan fingerprint density at radius 1 is 1.10 bits per heavy atom. The van der Waals surface area contributed by atoms with Gasteiger partial charge in [0.15, 0.2) is 5.78 Å². The van der Waals surface area contributed by atoms with E-state index in [0.29, 0.717) is 5.41 Å². The van der Waals surface area contributed by atoms with Gasteiger partial charge in [0.1, 0.15) is 0 Å². The van der Waals surface area contributed by atoms with Crippen molar-refractivity contribution in [1.82, 2.24) is 0 Å². The molecule has 3 aliphatic rings. The monoisotopic (exact) mass is 334 g/mol. The lowest BCUT2D eigenvalue weighted by atomic mass is 9.58. The Kier molecular flexibility index (Phi) is 3.56. The predicted octanol–water partition coefficient (Wildman–Crippen LogP) is 5.26. The van der Waals surface area contributed by atoms with Crippen LogP contribution in [0.25, 0.3) is 0 Å². The van der Waals surface area contributed by atoms with Crippen LogP contribution in [0.5, 0.6) is 0 Å². The number of carbonyl (C=O) groups is 1. The molecule has 3 fully saturated rings. The maximum atomic E-state index is 12.3. The highest BCUT2D eigenvalue weighted by molar-refractivity contribution is 9.10. The van der Waals surface area contributed by atoms with Crippen molar-refractivity contribution in [3.05, 3.63) is 35.4 Å². The third-order valence-corrected chi connectivity index (χ3v) is 5.75. The molecule has 1 nitrogen and oxygen atoms in total. The Bertz CT molecular complexity index is 487. The Hall–Kier alpha value is -0.630. The lowest BCUT2D eigenvalue weighted by Gasteiger charge is -2.47. The number of benzene rings is 1. The minimum absolute atomic E-state index is 0.161. The van der Waals surface area contributed by atoms with Crippen molar-refractivity contribution >= 4 is 21.7 Å².